The normalized spacial score (nSPS) is 10.8. The molecule has 8 heteroatoms. The second kappa shape index (κ2) is 12.9. The summed E-state index contributed by atoms with van der Waals surface area (Å²) in [6.07, 6.45) is 1.56. The van der Waals surface area contributed by atoms with E-state index in [1.807, 2.05) is 72.8 Å². The minimum atomic E-state index is -0.369. The average Bonchev–Trinajstić information content (AvgIpc) is 2.92. The van der Waals surface area contributed by atoms with E-state index in [0.717, 1.165) is 21.2 Å². The van der Waals surface area contributed by atoms with E-state index in [1.165, 1.54) is 7.11 Å². The third-order valence-corrected chi connectivity index (χ3v) is 6.18. The van der Waals surface area contributed by atoms with Crippen LogP contribution in [0.2, 0.25) is 5.02 Å². The number of hydrogen-bond acceptors (Lipinski definition) is 5. The van der Waals surface area contributed by atoms with Crippen molar-refractivity contribution < 1.29 is 19.0 Å². The smallest absolute Gasteiger partial charge is 0.271 e. The van der Waals surface area contributed by atoms with Crippen molar-refractivity contribution in [2.45, 2.75) is 13.2 Å². The van der Waals surface area contributed by atoms with Crippen molar-refractivity contribution >= 4 is 39.7 Å². The summed E-state index contributed by atoms with van der Waals surface area (Å²) in [7, 11) is 1.53. The topological polar surface area (TPSA) is 69.2 Å². The van der Waals surface area contributed by atoms with Gasteiger partial charge in [0.1, 0.15) is 19.0 Å². The van der Waals surface area contributed by atoms with Crippen LogP contribution in [-0.4, -0.2) is 19.2 Å². The molecule has 0 aliphatic rings. The van der Waals surface area contributed by atoms with Gasteiger partial charge in [-0.1, -0.05) is 54.1 Å². The van der Waals surface area contributed by atoms with E-state index in [9.17, 15) is 4.79 Å². The SMILES string of the molecule is COc1cc(C(=O)N/N=C/c2ccc(OCc3ccc(Cl)cc3)c(Br)c2)ccc1OCc1ccccc1. The van der Waals surface area contributed by atoms with Crippen LogP contribution in [0, 0.1) is 0 Å². The van der Waals surface area contributed by atoms with Gasteiger partial charge in [-0.25, -0.2) is 5.43 Å². The highest BCUT2D eigenvalue weighted by Crippen LogP contribution is 2.29. The fourth-order valence-corrected chi connectivity index (χ4v) is 3.99. The standard InChI is InChI=1S/C29H24BrClN2O4/c1-35-28-16-23(10-14-27(28)37-18-20-5-3-2-4-6-20)29(34)33-32-17-22-9-13-26(25(30)15-22)36-19-21-7-11-24(31)12-8-21/h2-17H,18-19H2,1H3,(H,33,34)/b32-17+. The number of benzene rings is 4. The predicted octanol–water partition coefficient (Wildman–Crippen LogP) is 7.03. The highest BCUT2D eigenvalue weighted by atomic mass is 79.9. The van der Waals surface area contributed by atoms with Crippen molar-refractivity contribution in [1.82, 2.24) is 5.43 Å². The van der Waals surface area contributed by atoms with E-state index >= 15 is 0 Å². The number of hydrogen-bond donors (Lipinski definition) is 1. The Balaban J connectivity index is 1.32. The van der Waals surface area contributed by atoms with E-state index in [4.69, 9.17) is 25.8 Å². The fraction of sp³-hybridized carbons (Fsp3) is 0.103. The molecule has 6 nitrogen and oxygen atoms in total. The highest BCUT2D eigenvalue weighted by Gasteiger charge is 2.11. The molecule has 0 spiro atoms. The van der Waals surface area contributed by atoms with E-state index in [2.05, 4.69) is 26.5 Å². The molecule has 0 radical (unpaired) electrons. The number of halogens is 2. The molecule has 4 rings (SSSR count). The largest absolute Gasteiger partial charge is 0.493 e. The molecule has 0 unspecified atom stereocenters. The summed E-state index contributed by atoms with van der Waals surface area (Å²) in [4.78, 5) is 12.6. The molecule has 0 saturated heterocycles. The number of nitrogens with one attached hydrogen (secondary N) is 1. The lowest BCUT2D eigenvalue weighted by Crippen LogP contribution is -2.17. The van der Waals surface area contributed by atoms with E-state index in [-0.39, 0.29) is 5.91 Å². The van der Waals surface area contributed by atoms with Gasteiger partial charge in [-0.2, -0.15) is 5.10 Å². The zero-order chi connectivity index (χ0) is 26.0. The molecule has 1 N–H and O–H groups in total. The molecule has 0 aliphatic carbocycles. The average molecular weight is 580 g/mol. The molecule has 0 atom stereocenters. The lowest BCUT2D eigenvalue weighted by Gasteiger charge is -2.12. The Kier molecular flexibility index (Phi) is 9.18. The highest BCUT2D eigenvalue weighted by molar-refractivity contribution is 9.10. The summed E-state index contributed by atoms with van der Waals surface area (Å²) in [5.41, 5.74) is 5.77. The van der Waals surface area contributed by atoms with Gasteiger partial charge in [0, 0.05) is 10.6 Å². The number of rotatable bonds is 10. The van der Waals surface area contributed by atoms with Crippen molar-refractivity contribution in [3.05, 3.63) is 123 Å². The van der Waals surface area contributed by atoms with E-state index in [0.29, 0.717) is 41.0 Å². The van der Waals surface area contributed by atoms with Gasteiger partial charge in [0.05, 0.1) is 17.8 Å². The molecule has 4 aromatic rings. The number of ether oxygens (including phenoxy) is 3. The number of carbonyl (C=O) groups is 1. The molecule has 0 aliphatic heterocycles. The van der Waals surface area contributed by atoms with Gasteiger partial charge in [-0.3, -0.25) is 4.79 Å². The van der Waals surface area contributed by atoms with Gasteiger partial charge in [0.25, 0.3) is 5.91 Å². The monoisotopic (exact) mass is 578 g/mol. The first-order valence-corrected chi connectivity index (χ1v) is 12.5. The van der Waals surface area contributed by atoms with Crippen LogP contribution in [0.15, 0.2) is 101 Å². The molecule has 0 bridgehead atoms. The second-order valence-corrected chi connectivity index (χ2v) is 9.23. The number of nitrogens with zero attached hydrogens (tertiary/aromatic N) is 1. The zero-order valence-corrected chi connectivity index (χ0v) is 22.3. The van der Waals surface area contributed by atoms with E-state index in [1.54, 1.807) is 24.4 Å². The summed E-state index contributed by atoms with van der Waals surface area (Å²) in [5, 5.41) is 4.76. The van der Waals surface area contributed by atoms with Crippen LogP contribution in [0.25, 0.3) is 0 Å². The number of hydrazone groups is 1. The summed E-state index contributed by atoms with van der Waals surface area (Å²) >= 11 is 9.44. The molecule has 188 valence electrons. The predicted molar refractivity (Wildman–Crippen MR) is 149 cm³/mol. The molecule has 4 aromatic carbocycles. The van der Waals surface area contributed by atoms with Gasteiger partial charge in [0.2, 0.25) is 0 Å². The van der Waals surface area contributed by atoms with Crippen LogP contribution >= 0.6 is 27.5 Å². The fourth-order valence-electron chi connectivity index (χ4n) is 3.35. The van der Waals surface area contributed by atoms with Crippen molar-refractivity contribution in [3.63, 3.8) is 0 Å². The molecule has 37 heavy (non-hydrogen) atoms. The van der Waals surface area contributed by atoms with Crippen molar-refractivity contribution in [2.75, 3.05) is 7.11 Å². The van der Waals surface area contributed by atoms with Crippen LogP contribution in [0.1, 0.15) is 27.0 Å². The maximum atomic E-state index is 12.6. The minimum Gasteiger partial charge on any atom is -0.493 e. The van der Waals surface area contributed by atoms with Crippen LogP contribution < -0.4 is 19.6 Å². The Morgan fingerprint density at radius 2 is 1.54 bits per heavy atom. The molecular formula is C29H24BrClN2O4. The van der Waals surface area contributed by atoms with Gasteiger partial charge in [0.15, 0.2) is 11.5 Å². The van der Waals surface area contributed by atoms with Gasteiger partial charge >= 0.3 is 0 Å². The zero-order valence-electron chi connectivity index (χ0n) is 20.0. The third kappa shape index (κ3) is 7.59. The molecule has 0 fully saturated rings. The molecule has 0 heterocycles. The van der Waals surface area contributed by atoms with Crippen LogP contribution in [0.5, 0.6) is 17.2 Å². The van der Waals surface area contributed by atoms with Gasteiger partial charge < -0.3 is 14.2 Å². The Hall–Kier alpha value is -3.81. The van der Waals surface area contributed by atoms with Crippen LogP contribution in [-0.2, 0) is 13.2 Å². The Bertz CT molecular complexity index is 1380. The maximum Gasteiger partial charge on any atom is 0.271 e. The number of methoxy groups -OCH3 is 1. The summed E-state index contributed by atoms with van der Waals surface area (Å²) in [5.74, 6) is 1.34. The Morgan fingerprint density at radius 3 is 2.24 bits per heavy atom. The molecular weight excluding hydrogens is 556 g/mol. The molecule has 1 amide bonds. The van der Waals surface area contributed by atoms with Crippen molar-refractivity contribution in [2.24, 2.45) is 5.10 Å². The first-order chi connectivity index (χ1) is 18.0. The summed E-state index contributed by atoms with van der Waals surface area (Å²) in [6.45, 7) is 0.812. The maximum absolute atomic E-state index is 12.6. The summed E-state index contributed by atoms with van der Waals surface area (Å²) in [6, 6.07) is 27.8. The van der Waals surface area contributed by atoms with E-state index < -0.39 is 0 Å². The molecule has 0 aromatic heterocycles. The second-order valence-electron chi connectivity index (χ2n) is 7.94. The van der Waals surface area contributed by atoms with Gasteiger partial charge in [-0.05, 0) is 81.2 Å². The number of carbonyl (C=O) groups excluding carboxylic acids is 1. The quantitative estimate of drug-likeness (QED) is 0.162. The summed E-state index contributed by atoms with van der Waals surface area (Å²) < 4.78 is 17.9. The lowest BCUT2D eigenvalue weighted by atomic mass is 10.2. The Morgan fingerprint density at radius 1 is 0.865 bits per heavy atom. The van der Waals surface area contributed by atoms with Gasteiger partial charge in [-0.15, -0.1) is 0 Å². The molecule has 0 saturated carbocycles. The van der Waals surface area contributed by atoms with Crippen molar-refractivity contribution in [3.8, 4) is 17.2 Å². The first kappa shape index (κ1) is 26.3. The minimum absolute atomic E-state index is 0.369. The van der Waals surface area contributed by atoms with Crippen LogP contribution in [0.4, 0.5) is 0 Å². The first-order valence-electron chi connectivity index (χ1n) is 11.4. The van der Waals surface area contributed by atoms with Crippen LogP contribution in [0.3, 0.4) is 0 Å². The Labute approximate surface area is 229 Å². The number of amides is 1. The third-order valence-electron chi connectivity index (χ3n) is 5.31. The van der Waals surface area contributed by atoms with Crippen molar-refractivity contribution in [1.29, 1.82) is 0 Å². The lowest BCUT2D eigenvalue weighted by molar-refractivity contribution is 0.0954.